The third-order valence-corrected chi connectivity index (χ3v) is 3.68. The summed E-state index contributed by atoms with van der Waals surface area (Å²) < 4.78 is 3.70. The Kier molecular flexibility index (Phi) is 4.56. The molecule has 2 heterocycles. The van der Waals surface area contributed by atoms with Crippen molar-refractivity contribution in [2.45, 2.75) is 13.5 Å². The Morgan fingerprint density at radius 2 is 2.17 bits per heavy atom. The van der Waals surface area contributed by atoms with Gasteiger partial charge in [-0.15, -0.1) is 0 Å². The zero-order valence-electron chi connectivity index (χ0n) is 13.7. The molecule has 0 radical (unpaired) electrons. The average Bonchev–Trinajstić information content (AvgIpc) is 3.19. The summed E-state index contributed by atoms with van der Waals surface area (Å²) in [5.74, 6) is 0.765. The fourth-order valence-corrected chi connectivity index (χ4v) is 2.47. The predicted molar refractivity (Wildman–Crippen MR) is 92.4 cm³/mol. The zero-order valence-corrected chi connectivity index (χ0v) is 13.7. The highest BCUT2D eigenvalue weighted by molar-refractivity contribution is 5.91. The number of hydrogen-bond acceptors (Lipinski definition) is 3. The fraction of sp³-hybridized carbons (Fsp3) is 0.167. The van der Waals surface area contributed by atoms with E-state index in [0.717, 1.165) is 22.6 Å². The number of hydrogen-bond donors (Lipinski definition) is 1. The molecular formula is C18H19N5O. The van der Waals surface area contributed by atoms with Crippen molar-refractivity contribution in [1.29, 1.82) is 0 Å². The molecule has 24 heavy (non-hydrogen) atoms. The number of carbonyl (C=O) groups is 1. The van der Waals surface area contributed by atoms with Gasteiger partial charge in [0.15, 0.2) is 0 Å². The molecule has 0 aliphatic heterocycles. The molecule has 1 N–H and O–H groups in total. The lowest BCUT2D eigenvalue weighted by molar-refractivity contribution is -0.116. The van der Waals surface area contributed by atoms with Crippen LogP contribution in [0.5, 0.6) is 0 Å². The number of rotatable bonds is 5. The Labute approximate surface area is 140 Å². The van der Waals surface area contributed by atoms with Gasteiger partial charge in [-0.05, 0) is 24.6 Å². The van der Waals surface area contributed by atoms with Crippen LogP contribution in [0.1, 0.15) is 17.0 Å². The fourth-order valence-electron chi connectivity index (χ4n) is 2.47. The van der Waals surface area contributed by atoms with Crippen molar-refractivity contribution >= 4 is 12.0 Å². The summed E-state index contributed by atoms with van der Waals surface area (Å²) in [7, 11) is 1.84. The molecule has 122 valence electrons. The van der Waals surface area contributed by atoms with Crippen molar-refractivity contribution in [3.05, 3.63) is 72.1 Å². The van der Waals surface area contributed by atoms with Crippen LogP contribution >= 0.6 is 0 Å². The molecule has 0 aliphatic carbocycles. The number of imidazole rings is 1. The molecule has 2 aromatic heterocycles. The number of aryl methyl sites for hydroxylation is 2. The van der Waals surface area contributed by atoms with Crippen molar-refractivity contribution in [2.24, 2.45) is 7.05 Å². The van der Waals surface area contributed by atoms with E-state index in [1.54, 1.807) is 23.2 Å². The molecule has 0 fully saturated rings. The van der Waals surface area contributed by atoms with Gasteiger partial charge in [-0.3, -0.25) is 9.48 Å². The van der Waals surface area contributed by atoms with Gasteiger partial charge >= 0.3 is 0 Å². The van der Waals surface area contributed by atoms with Crippen molar-refractivity contribution in [1.82, 2.24) is 24.6 Å². The molecule has 0 atom stereocenters. The zero-order chi connectivity index (χ0) is 16.9. The Morgan fingerprint density at radius 1 is 1.33 bits per heavy atom. The molecule has 1 amide bonds. The van der Waals surface area contributed by atoms with Crippen LogP contribution in [0.25, 0.3) is 11.8 Å². The number of para-hydroxylation sites is 1. The Hall–Kier alpha value is -3.15. The van der Waals surface area contributed by atoms with E-state index in [2.05, 4.69) is 15.4 Å². The molecule has 0 saturated carbocycles. The second-order valence-electron chi connectivity index (χ2n) is 5.47. The van der Waals surface area contributed by atoms with Gasteiger partial charge in [0.2, 0.25) is 5.91 Å². The van der Waals surface area contributed by atoms with E-state index in [1.165, 1.54) is 6.08 Å². The first-order valence-electron chi connectivity index (χ1n) is 7.66. The largest absolute Gasteiger partial charge is 0.348 e. The van der Waals surface area contributed by atoms with Crippen LogP contribution in [0, 0.1) is 6.92 Å². The molecule has 0 bridgehead atoms. The molecular weight excluding hydrogens is 302 g/mol. The van der Waals surface area contributed by atoms with Crippen molar-refractivity contribution in [3.63, 3.8) is 0 Å². The quantitative estimate of drug-likeness (QED) is 0.733. The number of benzene rings is 1. The van der Waals surface area contributed by atoms with Gasteiger partial charge in [0.1, 0.15) is 5.82 Å². The van der Waals surface area contributed by atoms with E-state index >= 15 is 0 Å². The predicted octanol–water partition coefficient (Wildman–Crippen LogP) is 2.24. The van der Waals surface area contributed by atoms with Gasteiger partial charge < -0.3 is 9.88 Å². The number of nitrogens with one attached hydrogen (secondary N) is 1. The van der Waals surface area contributed by atoms with E-state index in [4.69, 9.17) is 0 Å². The van der Waals surface area contributed by atoms with E-state index in [1.807, 2.05) is 55.2 Å². The van der Waals surface area contributed by atoms with E-state index in [0.29, 0.717) is 6.54 Å². The van der Waals surface area contributed by atoms with E-state index in [9.17, 15) is 4.79 Å². The lowest BCUT2D eigenvalue weighted by atomic mass is 10.1. The maximum atomic E-state index is 12.0. The molecule has 0 unspecified atom stereocenters. The summed E-state index contributed by atoms with van der Waals surface area (Å²) >= 11 is 0. The number of amides is 1. The van der Waals surface area contributed by atoms with E-state index in [-0.39, 0.29) is 5.91 Å². The van der Waals surface area contributed by atoms with Gasteiger partial charge in [0, 0.05) is 43.8 Å². The van der Waals surface area contributed by atoms with Gasteiger partial charge in [-0.1, -0.05) is 18.2 Å². The minimum atomic E-state index is -0.143. The summed E-state index contributed by atoms with van der Waals surface area (Å²) in [6.45, 7) is 2.40. The van der Waals surface area contributed by atoms with Crippen LogP contribution in [0.15, 0.2) is 55.1 Å². The summed E-state index contributed by atoms with van der Waals surface area (Å²) in [6, 6.07) is 7.95. The number of nitrogens with zero attached hydrogens (tertiary/aromatic N) is 4. The van der Waals surface area contributed by atoms with Crippen LogP contribution in [-0.2, 0) is 18.4 Å². The second kappa shape index (κ2) is 6.95. The van der Waals surface area contributed by atoms with Gasteiger partial charge in [-0.2, -0.15) is 5.10 Å². The van der Waals surface area contributed by atoms with Crippen molar-refractivity contribution in [3.8, 4) is 5.69 Å². The summed E-state index contributed by atoms with van der Waals surface area (Å²) in [6.07, 6.45) is 10.5. The smallest absolute Gasteiger partial charge is 0.244 e. The minimum absolute atomic E-state index is 0.143. The molecule has 6 heteroatoms. The monoisotopic (exact) mass is 321 g/mol. The van der Waals surface area contributed by atoms with Crippen LogP contribution in [0.3, 0.4) is 0 Å². The maximum absolute atomic E-state index is 12.0. The third-order valence-electron chi connectivity index (χ3n) is 3.68. The first-order chi connectivity index (χ1) is 11.6. The Balaban J connectivity index is 1.68. The minimum Gasteiger partial charge on any atom is -0.348 e. The first kappa shape index (κ1) is 15.7. The molecule has 0 saturated heterocycles. The van der Waals surface area contributed by atoms with E-state index < -0.39 is 0 Å². The molecule has 3 aromatic rings. The maximum Gasteiger partial charge on any atom is 0.244 e. The Morgan fingerprint density at radius 3 is 2.88 bits per heavy atom. The van der Waals surface area contributed by atoms with Crippen LogP contribution in [-0.4, -0.2) is 25.2 Å². The van der Waals surface area contributed by atoms with Gasteiger partial charge in [0.25, 0.3) is 0 Å². The van der Waals surface area contributed by atoms with Crippen LogP contribution in [0.4, 0.5) is 0 Å². The molecule has 1 aromatic carbocycles. The van der Waals surface area contributed by atoms with Crippen LogP contribution in [0.2, 0.25) is 0 Å². The molecule has 0 spiro atoms. The summed E-state index contributed by atoms with van der Waals surface area (Å²) in [5.41, 5.74) is 2.94. The normalized spacial score (nSPS) is 11.1. The molecule has 3 rings (SSSR count). The van der Waals surface area contributed by atoms with Crippen molar-refractivity contribution < 1.29 is 4.79 Å². The average molecular weight is 321 g/mol. The third kappa shape index (κ3) is 3.60. The second-order valence-corrected chi connectivity index (χ2v) is 5.47. The number of aromatic nitrogens is 4. The Bertz CT molecular complexity index is 875. The first-order valence-corrected chi connectivity index (χ1v) is 7.66. The standard InChI is InChI=1S/C18H19N5O/c1-14-19-9-10-23(14)17-6-4-3-5-16(17)12-20-18(24)8-7-15-11-21-22(2)13-15/h3-11,13H,12H2,1-2H3,(H,20,24)/b8-7+. The van der Waals surface area contributed by atoms with Gasteiger partial charge in [0.05, 0.1) is 11.9 Å². The number of carbonyl (C=O) groups excluding carboxylic acids is 1. The SMILES string of the molecule is Cc1nccn1-c1ccccc1CNC(=O)/C=C/c1cnn(C)c1. The lowest BCUT2D eigenvalue weighted by Crippen LogP contribution is -2.21. The van der Waals surface area contributed by atoms with Crippen LogP contribution < -0.4 is 5.32 Å². The van der Waals surface area contributed by atoms with Gasteiger partial charge in [-0.25, -0.2) is 4.98 Å². The summed E-state index contributed by atoms with van der Waals surface area (Å²) in [4.78, 5) is 16.3. The highest BCUT2D eigenvalue weighted by Crippen LogP contribution is 2.16. The lowest BCUT2D eigenvalue weighted by Gasteiger charge is -2.12. The molecule has 0 aliphatic rings. The highest BCUT2D eigenvalue weighted by atomic mass is 16.1. The van der Waals surface area contributed by atoms with Crippen molar-refractivity contribution in [2.75, 3.05) is 0 Å². The highest BCUT2D eigenvalue weighted by Gasteiger charge is 2.07. The molecule has 6 nitrogen and oxygen atoms in total. The topological polar surface area (TPSA) is 64.7 Å². The summed E-state index contributed by atoms with van der Waals surface area (Å²) in [5, 5.41) is 6.97.